The van der Waals surface area contributed by atoms with Crippen LogP contribution in [0.4, 0.5) is 5.69 Å². The van der Waals surface area contributed by atoms with Crippen LogP contribution in [0, 0.1) is 5.21 Å². The lowest BCUT2D eigenvalue weighted by Gasteiger charge is -2.28. The van der Waals surface area contributed by atoms with Gasteiger partial charge in [-0.1, -0.05) is 19.9 Å². The molecule has 2 heterocycles. The second-order valence-electron chi connectivity index (χ2n) is 9.57. The second-order valence-corrected chi connectivity index (χ2v) is 9.57. The van der Waals surface area contributed by atoms with Crippen LogP contribution in [0.25, 0.3) is 10.9 Å². The van der Waals surface area contributed by atoms with E-state index in [9.17, 15) is 14.8 Å². The molecule has 1 aromatic heterocycles. The fourth-order valence-electron chi connectivity index (χ4n) is 4.62. The predicted molar refractivity (Wildman–Crippen MR) is 127 cm³/mol. The number of nitrogens with one attached hydrogen (secondary N) is 1. The Kier molecular flexibility index (Phi) is 5.19. The summed E-state index contributed by atoms with van der Waals surface area (Å²) in [5.41, 5.74) is 1.20. The Hall–Kier alpha value is -3.68. The largest absolute Gasteiger partial charge is 0.805 e. The molecular weight excluding hydrogens is 436 g/mol. The highest BCUT2D eigenvalue weighted by Crippen LogP contribution is 2.51. The lowest BCUT2D eigenvalue weighted by Crippen LogP contribution is -2.27. The molecule has 1 saturated carbocycles. The lowest BCUT2D eigenvalue weighted by atomic mass is 9.85. The molecule has 1 amide bonds. The number of ether oxygens (including phenoxy) is 3. The van der Waals surface area contributed by atoms with Gasteiger partial charge in [0.25, 0.3) is 0 Å². The van der Waals surface area contributed by atoms with Crippen LogP contribution in [0.5, 0.6) is 11.5 Å². The summed E-state index contributed by atoms with van der Waals surface area (Å²) in [6.07, 6.45) is 1.61. The summed E-state index contributed by atoms with van der Waals surface area (Å²) in [4.78, 5) is 25.3. The first-order valence-corrected chi connectivity index (χ1v) is 11.4. The zero-order chi connectivity index (χ0) is 24.1. The molecule has 34 heavy (non-hydrogen) atoms. The molecule has 3 aromatic rings. The minimum absolute atomic E-state index is 0.0878. The van der Waals surface area contributed by atoms with Crippen LogP contribution in [0.2, 0.25) is 0 Å². The SMILES string of the molecule is CCOC(=O)CC(C)(C)c1cc2cc(NC(=O)C3(c4ccc5c(c4)OCO5)CC3)ccc2n1[O-]. The van der Waals surface area contributed by atoms with Gasteiger partial charge in [0, 0.05) is 27.7 Å². The number of amides is 1. The lowest BCUT2D eigenvalue weighted by molar-refractivity contribution is -0.144. The third-order valence-electron chi connectivity index (χ3n) is 6.71. The predicted octanol–water partition coefficient (Wildman–Crippen LogP) is 4.62. The van der Waals surface area contributed by atoms with E-state index in [2.05, 4.69) is 5.32 Å². The first-order chi connectivity index (χ1) is 16.2. The number of carbonyl (C=O) groups is 2. The van der Waals surface area contributed by atoms with Gasteiger partial charge in [0.2, 0.25) is 12.7 Å². The van der Waals surface area contributed by atoms with E-state index in [1.165, 1.54) is 0 Å². The summed E-state index contributed by atoms with van der Waals surface area (Å²) in [6.45, 7) is 5.93. The van der Waals surface area contributed by atoms with Crippen LogP contribution < -0.4 is 14.8 Å². The van der Waals surface area contributed by atoms with Gasteiger partial charge in [-0.2, -0.15) is 0 Å². The van der Waals surface area contributed by atoms with Crippen molar-refractivity contribution in [2.24, 2.45) is 0 Å². The van der Waals surface area contributed by atoms with Crippen molar-refractivity contribution < 1.29 is 23.8 Å². The number of nitrogens with zero attached hydrogens (tertiary/aromatic N) is 1. The van der Waals surface area contributed by atoms with Crippen molar-refractivity contribution in [3.8, 4) is 11.5 Å². The van der Waals surface area contributed by atoms with Gasteiger partial charge in [-0.3, -0.25) is 9.59 Å². The third kappa shape index (κ3) is 3.73. The maximum atomic E-state index is 13.2. The molecular formula is C26H27N2O6-. The second kappa shape index (κ2) is 7.97. The summed E-state index contributed by atoms with van der Waals surface area (Å²) < 4.78 is 16.8. The Labute approximate surface area is 197 Å². The molecule has 0 spiro atoms. The molecule has 0 unspecified atom stereocenters. The van der Waals surface area contributed by atoms with Gasteiger partial charge in [-0.15, -0.1) is 0 Å². The topological polar surface area (TPSA) is 102 Å². The molecule has 0 radical (unpaired) electrons. The van der Waals surface area contributed by atoms with Crippen molar-refractivity contribution in [2.45, 2.75) is 50.9 Å². The molecule has 0 atom stereocenters. The summed E-state index contributed by atoms with van der Waals surface area (Å²) in [6, 6.07) is 12.6. The normalized spacial score (nSPS) is 15.9. The number of aromatic nitrogens is 1. The Bertz CT molecular complexity index is 1290. The van der Waals surface area contributed by atoms with Crippen molar-refractivity contribution in [3.05, 3.63) is 58.9 Å². The highest BCUT2D eigenvalue weighted by Gasteiger charge is 2.51. The third-order valence-corrected chi connectivity index (χ3v) is 6.71. The maximum Gasteiger partial charge on any atom is 0.306 e. The van der Waals surface area contributed by atoms with Crippen LogP contribution in [0.3, 0.4) is 0 Å². The average Bonchev–Trinajstić information content (AvgIpc) is 3.35. The minimum Gasteiger partial charge on any atom is -0.805 e. The van der Waals surface area contributed by atoms with Crippen LogP contribution in [-0.2, 0) is 25.2 Å². The summed E-state index contributed by atoms with van der Waals surface area (Å²) in [5.74, 6) is 0.918. The highest BCUT2D eigenvalue weighted by molar-refractivity contribution is 6.02. The van der Waals surface area contributed by atoms with Crippen molar-refractivity contribution in [3.63, 3.8) is 0 Å². The molecule has 5 rings (SSSR count). The molecule has 2 aromatic carbocycles. The van der Waals surface area contributed by atoms with E-state index in [1.807, 2.05) is 32.0 Å². The van der Waals surface area contributed by atoms with E-state index in [0.29, 0.717) is 40.4 Å². The van der Waals surface area contributed by atoms with Crippen LogP contribution >= 0.6 is 0 Å². The van der Waals surface area contributed by atoms with Crippen LogP contribution in [0.1, 0.15) is 51.3 Å². The van der Waals surface area contributed by atoms with Gasteiger partial charge in [0.05, 0.1) is 18.4 Å². The van der Waals surface area contributed by atoms with Crippen molar-refractivity contribution in [1.82, 2.24) is 4.73 Å². The smallest absolute Gasteiger partial charge is 0.306 e. The molecule has 1 aliphatic heterocycles. The number of hydrogen-bond acceptors (Lipinski definition) is 6. The minimum atomic E-state index is -0.701. The quantitative estimate of drug-likeness (QED) is 0.513. The van der Waals surface area contributed by atoms with Gasteiger partial charge >= 0.3 is 5.97 Å². The Balaban J connectivity index is 1.38. The molecule has 2 aliphatic rings. The molecule has 0 bridgehead atoms. The van der Waals surface area contributed by atoms with Gasteiger partial charge in [-0.05, 0) is 61.7 Å². The van der Waals surface area contributed by atoms with Gasteiger partial charge < -0.3 is 29.5 Å². The number of benzene rings is 2. The van der Waals surface area contributed by atoms with Gasteiger partial charge in [0.1, 0.15) is 0 Å². The number of fused-ring (bicyclic) bond motifs is 2. The highest BCUT2D eigenvalue weighted by atomic mass is 16.7. The first-order valence-electron chi connectivity index (χ1n) is 11.4. The summed E-state index contributed by atoms with van der Waals surface area (Å²) in [7, 11) is 0. The molecule has 8 heteroatoms. The number of rotatable bonds is 7. The fourth-order valence-corrected chi connectivity index (χ4v) is 4.62. The van der Waals surface area contributed by atoms with Gasteiger partial charge in [-0.25, -0.2) is 0 Å². The number of esters is 1. The molecule has 178 valence electrons. The van der Waals surface area contributed by atoms with Crippen LogP contribution in [-0.4, -0.2) is 30.0 Å². The van der Waals surface area contributed by atoms with Crippen molar-refractivity contribution >= 4 is 28.5 Å². The summed E-state index contributed by atoms with van der Waals surface area (Å²) >= 11 is 0. The molecule has 8 nitrogen and oxygen atoms in total. The molecule has 1 aliphatic carbocycles. The first kappa shape index (κ1) is 22.1. The number of hydrogen-bond donors (Lipinski definition) is 1. The van der Waals surface area contributed by atoms with E-state index in [-0.39, 0.29) is 25.1 Å². The van der Waals surface area contributed by atoms with E-state index in [0.717, 1.165) is 23.1 Å². The van der Waals surface area contributed by atoms with E-state index in [1.54, 1.807) is 31.2 Å². The van der Waals surface area contributed by atoms with Crippen molar-refractivity contribution in [1.29, 1.82) is 0 Å². The zero-order valence-electron chi connectivity index (χ0n) is 19.5. The number of anilines is 1. The molecule has 1 fully saturated rings. The Morgan fingerprint density at radius 1 is 1.12 bits per heavy atom. The van der Waals surface area contributed by atoms with Gasteiger partial charge in [0.15, 0.2) is 11.5 Å². The van der Waals surface area contributed by atoms with E-state index < -0.39 is 10.8 Å². The molecule has 0 saturated heterocycles. The number of carbonyl (C=O) groups excluding carboxylic acids is 2. The van der Waals surface area contributed by atoms with E-state index >= 15 is 0 Å². The zero-order valence-corrected chi connectivity index (χ0v) is 19.5. The molecule has 1 N–H and O–H groups in total. The fraction of sp³-hybridized carbons (Fsp3) is 0.385. The van der Waals surface area contributed by atoms with Crippen molar-refractivity contribution in [2.75, 3.05) is 18.7 Å². The van der Waals surface area contributed by atoms with E-state index in [4.69, 9.17) is 14.2 Å². The maximum absolute atomic E-state index is 13.2. The average molecular weight is 464 g/mol. The Morgan fingerprint density at radius 3 is 2.62 bits per heavy atom. The summed E-state index contributed by atoms with van der Waals surface area (Å²) in [5, 5.41) is 16.7. The monoisotopic (exact) mass is 463 g/mol. The standard InChI is InChI=1S/C26H27N2O6/c1-4-32-23(29)14-25(2,3)22-12-16-11-18(6-7-19(16)28(22)31)27-24(30)26(9-10-26)17-5-8-20-21(13-17)34-15-33-20/h5-8,11-13H,4,9-10,14-15H2,1-3H3,(H,27,30)/q-1. The van der Waals surface area contributed by atoms with Crippen LogP contribution in [0.15, 0.2) is 42.5 Å². The Morgan fingerprint density at radius 2 is 1.88 bits per heavy atom.